The van der Waals surface area contributed by atoms with Crippen molar-refractivity contribution in [2.45, 2.75) is 12.8 Å². The van der Waals surface area contributed by atoms with E-state index in [1.807, 2.05) is 0 Å². The Hall–Kier alpha value is -2.09. The van der Waals surface area contributed by atoms with Gasteiger partial charge in [-0.3, -0.25) is 14.4 Å². The van der Waals surface area contributed by atoms with Crippen LogP contribution in [0.1, 0.15) is 23.4 Å². The molecule has 1 aliphatic heterocycles. The third-order valence-electron chi connectivity index (χ3n) is 4.19. The van der Waals surface area contributed by atoms with Crippen LogP contribution in [0.25, 0.3) is 0 Å². The first kappa shape index (κ1) is 14.8. The van der Waals surface area contributed by atoms with Crippen LogP contribution in [0.2, 0.25) is 0 Å². The highest BCUT2D eigenvalue weighted by molar-refractivity contribution is 5.91. The standard InChI is InChI=1S/C14H19N3O5/c18-12-5-11(22-15-12)13(19)17-4-3-16(6-9-1-2-9)7-10(8-17)14(20)21/h5,9-10H,1-4,6-8H2,(H,15,18)(H,20,21)/t10-/m0/s1. The molecule has 1 amide bonds. The molecule has 8 heteroatoms. The highest BCUT2D eigenvalue weighted by Crippen LogP contribution is 2.30. The van der Waals surface area contributed by atoms with Gasteiger partial charge in [0.2, 0.25) is 5.76 Å². The van der Waals surface area contributed by atoms with Crippen LogP contribution < -0.4 is 5.56 Å². The average Bonchev–Trinajstić information content (AvgIpc) is 3.23. The number of rotatable bonds is 4. The predicted molar refractivity (Wildman–Crippen MR) is 75.5 cm³/mol. The minimum Gasteiger partial charge on any atom is -0.481 e. The Morgan fingerprint density at radius 3 is 2.68 bits per heavy atom. The molecule has 0 aromatic carbocycles. The van der Waals surface area contributed by atoms with E-state index in [1.54, 1.807) is 0 Å². The van der Waals surface area contributed by atoms with Crippen LogP contribution in [0.4, 0.5) is 0 Å². The molecule has 0 radical (unpaired) electrons. The van der Waals surface area contributed by atoms with Gasteiger partial charge < -0.3 is 19.4 Å². The number of H-pyrrole nitrogens is 1. The lowest BCUT2D eigenvalue weighted by molar-refractivity contribution is -0.142. The summed E-state index contributed by atoms with van der Waals surface area (Å²) in [4.78, 5) is 38.4. The normalized spacial score (nSPS) is 23.3. The maximum Gasteiger partial charge on any atom is 0.309 e. The number of nitrogens with one attached hydrogen (secondary N) is 1. The fourth-order valence-corrected chi connectivity index (χ4v) is 2.80. The lowest BCUT2D eigenvalue weighted by Gasteiger charge is -2.21. The van der Waals surface area contributed by atoms with Crippen LogP contribution in [-0.2, 0) is 4.79 Å². The van der Waals surface area contributed by atoms with E-state index in [2.05, 4.69) is 10.1 Å². The Bertz CT molecular complexity index is 618. The molecular formula is C14H19N3O5. The molecule has 1 aliphatic carbocycles. The van der Waals surface area contributed by atoms with Crippen LogP contribution in [0.3, 0.4) is 0 Å². The summed E-state index contributed by atoms with van der Waals surface area (Å²) in [6.45, 7) is 2.55. The first-order valence-corrected chi connectivity index (χ1v) is 7.46. The van der Waals surface area contributed by atoms with Crippen molar-refractivity contribution >= 4 is 11.9 Å². The van der Waals surface area contributed by atoms with E-state index in [0.717, 1.165) is 12.6 Å². The van der Waals surface area contributed by atoms with E-state index in [9.17, 15) is 19.5 Å². The van der Waals surface area contributed by atoms with Gasteiger partial charge in [0, 0.05) is 32.7 Å². The van der Waals surface area contributed by atoms with Crippen molar-refractivity contribution in [1.29, 1.82) is 0 Å². The number of carboxylic acid groups (broad SMARTS) is 1. The number of carbonyl (C=O) groups is 2. The number of aromatic amines is 1. The number of amides is 1. The number of carbonyl (C=O) groups excluding carboxylic acids is 1. The minimum atomic E-state index is -0.906. The number of hydrogen-bond donors (Lipinski definition) is 2. The van der Waals surface area contributed by atoms with Gasteiger partial charge in [-0.2, -0.15) is 5.16 Å². The Morgan fingerprint density at radius 1 is 1.32 bits per heavy atom. The van der Waals surface area contributed by atoms with E-state index < -0.39 is 23.4 Å². The second-order valence-corrected chi connectivity index (χ2v) is 6.07. The topological polar surface area (TPSA) is 107 Å². The van der Waals surface area contributed by atoms with Crippen molar-refractivity contribution in [3.05, 3.63) is 22.2 Å². The summed E-state index contributed by atoms with van der Waals surface area (Å²) in [6.07, 6.45) is 2.40. The van der Waals surface area contributed by atoms with Gasteiger partial charge >= 0.3 is 5.97 Å². The largest absolute Gasteiger partial charge is 0.481 e. The summed E-state index contributed by atoms with van der Waals surface area (Å²) in [6, 6.07) is 1.09. The average molecular weight is 309 g/mol. The van der Waals surface area contributed by atoms with E-state index in [4.69, 9.17) is 4.52 Å². The summed E-state index contributed by atoms with van der Waals surface area (Å²) in [5.74, 6) is -1.39. The molecule has 1 aromatic heterocycles. The first-order valence-electron chi connectivity index (χ1n) is 7.46. The monoisotopic (exact) mass is 309 g/mol. The maximum atomic E-state index is 12.3. The SMILES string of the molecule is O=C(O)[C@H]1CN(CC2CC2)CCN(C(=O)c2cc(=O)[nH]o2)C1. The highest BCUT2D eigenvalue weighted by atomic mass is 16.5. The molecule has 2 aliphatic rings. The lowest BCUT2D eigenvalue weighted by atomic mass is 10.1. The predicted octanol–water partition coefficient (Wildman–Crippen LogP) is -0.163. The molecule has 0 bridgehead atoms. The van der Waals surface area contributed by atoms with Crippen molar-refractivity contribution in [2.24, 2.45) is 11.8 Å². The minimum absolute atomic E-state index is 0.0789. The number of carboxylic acids is 1. The van der Waals surface area contributed by atoms with Gasteiger partial charge in [-0.1, -0.05) is 0 Å². The first-order chi connectivity index (χ1) is 10.5. The van der Waals surface area contributed by atoms with Crippen LogP contribution in [0.5, 0.6) is 0 Å². The van der Waals surface area contributed by atoms with Crippen molar-refractivity contribution in [2.75, 3.05) is 32.7 Å². The second kappa shape index (κ2) is 5.96. The molecular weight excluding hydrogens is 290 g/mol. The molecule has 1 atom stereocenters. The van der Waals surface area contributed by atoms with Gasteiger partial charge in [-0.15, -0.1) is 0 Å². The Morgan fingerprint density at radius 2 is 2.09 bits per heavy atom. The lowest BCUT2D eigenvalue weighted by Crippen LogP contribution is -2.38. The Labute approximate surface area is 126 Å². The summed E-state index contributed by atoms with van der Waals surface area (Å²) in [5.41, 5.74) is -0.483. The van der Waals surface area contributed by atoms with Gasteiger partial charge in [0.1, 0.15) is 0 Å². The molecule has 0 unspecified atom stereocenters. The Kier molecular flexibility index (Phi) is 4.02. The smallest absolute Gasteiger partial charge is 0.309 e. The van der Waals surface area contributed by atoms with Gasteiger partial charge in [0.15, 0.2) is 0 Å². The van der Waals surface area contributed by atoms with E-state index in [0.29, 0.717) is 25.6 Å². The molecule has 1 saturated carbocycles. The molecule has 22 heavy (non-hydrogen) atoms. The number of aliphatic carboxylic acids is 1. The number of hydrogen-bond acceptors (Lipinski definition) is 5. The second-order valence-electron chi connectivity index (χ2n) is 6.07. The highest BCUT2D eigenvalue weighted by Gasteiger charge is 2.33. The molecule has 2 fully saturated rings. The fraction of sp³-hybridized carbons (Fsp3) is 0.643. The van der Waals surface area contributed by atoms with E-state index in [1.165, 1.54) is 17.7 Å². The summed E-state index contributed by atoms with van der Waals surface area (Å²) >= 11 is 0. The fourth-order valence-electron chi connectivity index (χ4n) is 2.80. The van der Waals surface area contributed by atoms with Crippen molar-refractivity contribution in [3.8, 4) is 0 Å². The van der Waals surface area contributed by atoms with Crippen LogP contribution in [0, 0.1) is 11.8 Å². The molecule has 1 aromatic rings. The van der Waals surface area contributed by atoms with Crippen molar-refractivity contribution in [3.63, 3.8) is 0 Å². The molecule has 3 rings (SSSR count). The quantitative estimate of drug-likeness (QED) is 0.800. The summed E-state index contributed by atoms with van der Waals surface area (Å²) in [5, 5.41) is 11.4. The van der Waals surface area contributed by atoms with Crippen LogP contribution in [0.15, 0.2) is 15.4 Å². The van der Waals surface area contributed by atoms with Gasteiger partial charge in [-0.05, 0) is 18.8 Å². The van der Waals surface area contributed by atoms with Crippen LogP contribution in [-0.4, -0.2) is 64.7 Å². The van der Waals surface area contributed by atoms with Gasteiger partial charge in [-0.25, -0.2) is 0 Å². The molecule has 0 spiro atoms. The molecule has 1 saturated heterocycles. The molecule has 8 nitrogen and oxygen atoms in total. The van der Waals surface area contributed by atoms with Gasteiger partial charge in [0.05, 0.1) is 12.0 Å². The molecule has 2 N–H and O–H groups in total. The van der Waals surface area contributed by atoms with Crippen molar-refractivity contribution < 1.29 is 19.2 Å². The summed E-state index contributed by atoms with van der Waals surface area (Å²) < 4.78 is 4.83. The van der Waals surface area contributed by atoms with Crippen LogP contribution >= 0.6 is 0 Å². The number of aromatic nitrogens is 1. The number of nitrogens with zero attached hydrogens (tertiary/aromatic N) is 2. The molecule has 2 heterocycles. The zero-order chi connectivity index (χ0) is 15.7. The van der Waals surface area contributed by atoms with E-state index in [-0.39, 0.29) is 12.3 Å². The zero-order valence-electron chi connectivity index (χ0n) is 12.2. The van der Waals surface area contributed by atoms with E-state index >= 15 is 0 Å². The zero-order valence-corrected chi connectivity index (χ0v) is 12.2. The Balaban J connectivity index is 1.72. The molecule has 120 valence electrons. The maximum absolute atomic E-state index is 12.3. The van der Waals surface area contributed by atoms with Gasteiger partial charge in [0.25, 0.3) is 11.5 Å². The third kappa shape index (κ3) is 3.38. The summed E-state index contributed by atoms with van der Waals surface area (Å²) in [7, 11) is 0. The van der Waals surface area contributed by atoms with Crippen molar-refractivity contribution in [1.82, 2.24) is 15.0 Å². The third-order valence-corrected chi connectivity index (χ3v) is 4.19.